The molecule has 4 rings (SSSR count). The molecular weight excluding hydrogens is 320 g/mol. The third-order valence-corrected chi connectivity index (χ3v) is 4.96. The third kappa shape index (κ3) is 3.54. The van der Waals surface area contributed by atoms with Gasteiger partial charge in [0.15, 0.2) is 0 Å². The molecule has 1 aliphatic rings. The van der Waals surface area contributed by atoms with Gasteiger partial charge in [-0.2, -0.15) is 4.98 Å². The van der Waals surface area contributed by atoms with E-state index in [9.17, 15) is 0 Å². The van der Waals surface area contributed by atoms with Crippen LogP contribution in [-0.2, 0) is 19.5 Å². The lowest BCUT2D eigenvalue weighted by atomic mass is 10.0. The number of fused-ring (bicyclic) bond motifs is 1. The molecule has 2 aromatic carbocycles. The lowest BCUT2D eigenvalue weighted by Crippen LogP contribution is -2.32. The minimum Gasteiger partial charge on any atom is -0.352 e. The van der Waals surface area contributed by atoms with Crippen LogP contribution in [0.4, 0.5) is 11.8 Å². The van der Waals surface area contributed by atoms with E-state index in [1.54, 1.807) is 0 Å². The number of rotatable bonds is 5. The molecule has 0 N–H and O–H groups in total. The maximum Gasteiger partial charge on any atom is 0.227 e. The standard InChI is InChI=1S/C22H24N4/c1-2-25(16-18-8-4-3-5-9-18)21-12-14-23-22(24-21)26-15-13-19-10-6-7-11-20(19)17-26/h3-12,14H,2,13,15-17H2,1H3. The summed E-state index contributed by atoms with van der Waals surface area (Å²) in [5.41, 5.74) is 4.12. The van der Waals surface area contributed by atoms with Gasteiger partial charge in [0.2, 0.25) is 5.95 Å². The van der Waals surface area contributed by atoms with Gasteiger partial charge in [-0.3, -0.25) is 0 Å². The maximum absolute atomic E-state index is 4.88. The molecule has 0 bridgehead atoms. The first kappa shape index (κ1) is 16.6. The summed E-state index contributed by atoms with van der Waals surface area (Å²) in [6, 6.07) is 21.2. The van der Waals surface area contributed by atoms with Gasteiger partial charge in [-0.15, -0.1) is 0 Å². The van der Waals surface area contributed by atoms with Gasteiger partial charge in [-0.25, -0.2) is 4.98 Å². The molecule has 3 aromatic rings. The van der Waals surface area contributed by atoms with Crippen molar-refractivity contribution in [3.8, 4) is 0 Å². The van der Waals surface area contributed by atoms with Crippen LogP contribution in [0.1, 0.15) is 23.6 Å². The van der Waals surface area contributed by atoms with Crippen molar-refractivity contribution in [2.45, 2.75) is 26.4 Å². The summed E-state index contributed by atoms with van der Waals surface area (Å²) < 4.78 is 0. The van der Waals surface area contributed by atoms with Crippen LogP contribution in [0.15, 0.2) is 66.9 Å². The summed E-state index contributed by atoms with van der Waals surface area (Å²) in [5.74, 6) is 1.81. The number of hydrogen-bond donors (Lipinski definition) is 0. The van der Waals surface area contributed by atoms with E-state index in [0.29, 0.717) is 0 Å². The molecule has 26 heavy (non-hydrogen) atoms. The zero-order chi connectivity index (χ0) is 17.8. The van der Waals surface area contributed by atoms with Gasteiger partial charge in [0.05, 0.1) is 0 Å². The summed E-state index contributed by atoms with van der Waals surface area (Å²) in [5, 5.41) is 0. The SMILES string of the molecule is CCN(Cc1ccccc1)c1ccnc(N2CCc3ccccc3C2)n1. The third-order valence-electron chi connectivity index (χ3n) is 4.96. The van der Waals surface area contributed by atoms with E-state index in [4.69, 9.17) is 4.98 Å². The highest BCUT2D eigenvalue weighted by atomic mass is 15.3. The van der Waals surface area contributed by atoms with Crippen molar-refractivity contribution in [2.75, 3.05) is 22.9 Å². The Morgan fingerprint density at radius 3 is 2.54 bits per heavy atom. The van der Waals surface area contributed by atoms with Gasteiger partial charge in [0.1, 0.15) is 5.82 Å². The number of benzene rings is 2. The van der Waals surface area contributed by atoms with Crippen LogP contribution in [0.2, 0.25) is 0 Å². The van der Waals surface area contributed by atoms with E-state index in [-0.39, 0.29) is 0 Å². The molecule has 132 valence electrons. The fraction of sp³-hybridized carbons (Fsp3) is 0.273. The largest absolute Gasteiger partial charge is 0.352 e. The van der Waals surface area contributed by atoms with Crippen LogP contribution in [0.25, 0.3) is 0 Å². The fourth-order valence-electron chi connectivity index (χ4n) is 3.49. The summed E-state index contributed by atoms with van der Waals surface area (Å²) in [4.78, 5) is 14.0. The van der Waals surface area contributed by atoms with Gasteiger partial charge < -0.3 is 9.80 Å². The maximum atomic E-state index is 4.88. The topological polar surface area (TPSA) is 32.3 Å². The summed E-state index contributed by atoms with van der Waals surface area (Å²) >= 11 is 0. The monoisotopic (exact) mass is 344 g/mol. The van der Waals surface area contributed by atoms with E-state index >= 15 is 0 Å². The molecule has 0 fully saturated rings. The van der Waals surface area contributed by atoms with E-state index < -0.39 is 0 Å². The zero-order valence-corrected chi connectivity index (χ0v) is 15.2. The summed E-state index contributed by atoms with van der Waals surface area (Å²) in [6.07, 6.45) is 2.93. The molecular formula is C22H24N4. The van der Waals surface area contributed by atoms with Crippen molar-refractivity contribution in [3.63, 3.8) is 0 Å². The molecule has 1 aromatic heterocycles. The molecule has 0 radical (unpaired) electrons. The second-order valence-corrected chi connectivity index (χ2v) is 6.65. The number of nitrogens with zero attached hydrogens (tertiary/aromatic N) is 4. The summed E-state index contributed by atoms with van der Waals surface area (Å²) in [7, 11) is 0. The zero-order valence-electron chi connectivity index (χ0n) is 15.2. The van der Waals surface area contributed by atoms with Gasteiger partial charge in [0.25, 0.3) is 0 Å². The Kier molecular flexibility index (Phi) is 4.82. The van der Waals surface area contributed by atoms with Gasteiger partial charge in [-0.05, 0) is 36.1 Å². The number of anilines is 2. The molecule has 0 aliphatic carbocycles. The minimum atomic E-state index is 0.823. The molecule has 0 saturated carbocycles. The van der Waals surface area contributed by atoms with Crippen LogP contribution in [0.5, 0.6) is 0 Å². The number of aromatic nitrogens is 2. The van der Waals surface area contributed by atoms with Crippen molar-refractivity contribution in [1.82, 2.24) is 9.97 Å². The Morgan fingerprint density at radius 1 is 0.962 bits per heavy atom. The van der Waals surface area contributed by atoms with Gasteiger partial charge in [0, 0.05) is 32.4 Å². The Morgan fingerprint density at radius 2 is 1.73 bits per heavy atom. The average Bonchev–Trinajstić information content (AvgIpc) is 2.72. The molecule has 1 aliphatic heterocycles. The normalized spacial score (nSPS) is 13.3. The second kappa shape index (κ2) is 7.56. The Bertz CT molecular complexity index is 846. The molecule has 4 heteroatoms. The second-order valence-electron chi connectivity index (χ2n) is 6.65. The first-order chi connectivity index (χ1) is 12.8. The van der Waals surface area contributed by atoms with Crippen LogP contribution >= 0.6 is 0 Å². The van der Waals surface area contributed by atoms with E-state index in [0.717, 1.165) is 44.4 Å². The van der Waals surface area contributed by atoms with Crippen molar-refractivity contribution in [2.24, 2.45) is 0 Å². The smallest absolute Gasteiger partial charge is 0.227 e. The first-order valence-electron chi connectivity index (χ1n) is 9.27. The molecule has 0 spiro atoms. The van der Waals surface area contributed by atoms with E-state index in [2.05, 4.69) is 76.3 Å². The minimum absolute atomic E-state index is 0.823. The Balaban J connectivity index is 1.54. The Hall–Kier alpha value is -2.88. The van der Waals surface area contributed by atoms with Crippen LogP contribution in [0.3, 0.4) is 0 Å². The molecule has 0 atom stereocenters. The lowest BCUT2D eigenvalue weighted by Gasteiger charge is -2.30. The van der Waals surface area contributed by atoms with E-state index in [1.165, 1.54) is 16.7 Å². The predicted molar refractivity (Wildman–Crippen MR) is 106 cm³/mol. The van der Waals surface area contributed by atoms with Crippen molar-refractivity contribution >= 4 is 11.8 Å². The highest BCUT2D eigenvalue weighted by Crippen LogP contribution is 2.23. The molecule has 0 saturated heterocycles. The molecule has 0 amide bonds. The van der Waals surface area contributed by atoms with Crippen LogP contribution in [-0.4, -0.2) is 23.1 Å². The van der Waals surface area contributed by atoms with Gasteiger partial charge >= 0.3 is 0 Å². The van der Waals surface area contributed by atoms with Gasteiger partial charge in [-0.1, -0.05) is 54.6 Å². The quantitative estimate of drug-likeness (QED) is 0.698. The Labute approximate surface area is 155 Å². The van der Waals surface area contributed by atoms with Crippen molar-refractivity contribution in [1.29, 1.82) is 0 Å². The first-order valence-corrected chi connectivity index (χ1v) is 9.27. The van der Waals surface area contributed by atoms with Crippen molar-refractivity contribution in [3.05, 3.63) is 83.6 Å². The van der Waals surface area contributed by atoms with Crippen LogP contribution < -0.4 is 9.80 Å². The lowest BCUT2D eigenvalue weighted by molar-refractivity contribution is 0.703. The molecule has 4 nitrogen and oxygen atoms in total. The van der Waals surface area contributed by atoms with Crippen molar-refractivity contribution < 1.29 is 0 Å². The number of hydrogen-bond acceptors (Lipinski definition) is 4. The summed E-state index contributed by atoms with van der Waals surface area (Å²) in [6.45, 7) is 5.78. The molecule has 0 unspecified atom stereocenters. The molecule has 2 heterocycles. The fourth-order valence-corrected chi connectivity index (χ4v) is 3.49. The van der Waals surface area contributed by atoms with E-state index in [1.807, 2.05) is 12.3 Å². The average molecular weight is 344 g/mol. The highest BCUT2D eigenvalue weighted by Gasteiger charge is 2.19. The highest BCUT2D eigenvalue weighted by molar-refractivity contribution is 5.46. The van der Waals surface area contributed by atoms with Crippen LogP contribution in [0, 0.1) is 0 Å². The predicted octanol–water partition coefficient (Wildman–Crippen LogP) is 4.07.